The number of halogens is 1. The van der Waals surface area contributed by atoms with Crippen LogP contribution in [0.3, 0.4) is 0 Å². The van der Waals surface area contributed by atoms with E-state index in [1.54, 1.807) is 24.3 Å². The third-order valence-electron chi connectivity index (χ3n) is 4.46. The number of benzene rings is 2. The van der Waals surface area contributed by atoms with Gasteiger partial charge in [0.25, 0.3) is 11.8 Å². The van der Waals surface area contributed by atoms with Gasteiger partial charge < -0.3 is 10.6 Å². The molecule has 0 fully saturated rings. The summed E-state index contributed by atoms with van der Waals surface area (Å²) in [5.41, 5.74) is 4.93. The van der Waals surface area contributed by atoms with E-state index in [2.05, 4.69) is 15.6 Å². The van der Waals surface area contributed by atoms with Crippen LogP contribution in [0.15, 0.2) is 54.7 Å². The van der Waals surface area contributed by atoms with Gasteiger partial charge in [0.1, 0.15) is 5.69 Å². The average Bonchev–Trinajstić information content (AvgIpc) is 2.67. The Bertz CT molecular complexity index is 1060. The molecule has 142 valence electrons. The maximum Gasteiger partial charge on any atom is 0.274 e. The molecule has 1 heterocycles. The molecule has 0 aliphatic rings. The van der Waals surface area contributed by atoms with Gasteiger partial charge in [-0.25, -0.2) is 0 Å². The van der Waals surface area contributed by atoms with Crippen LogP contribution >= 0.6 is 11.6 Å². The Morgan fingerprint density at radius 2 is 1.61 bits per heavy atom. The molecule has 0 bridgehead atoms. The number of anilines is 2. The Hall–Kier alpha value is -3.18. The predicted molar refractivity (Wildman–Crippen MR) is 112 cm³/mol. The van der Waals surface area contributed by atoms with E-state index in [4.69, 9.17) is 11.6 Å². The molecule has 3 aromatic rings. The zero-order valence-corrected chi connectivity index (χ0v) is 16.6. The van der Waals surface area contributed by atoms with Crippen LogP contribution in [0.5, 0.6) is 0 Å². The zero-order valence-electron chi connectivity index (χ0n) is 15.8. The highest BCUT2D eigenvalue weighted by Crippen LogP contribution is 2.20. The summed E-state index contributed by atoms with van der Waals surface area (Å²) in [4.78, 5) is 29.2. The molecule has 0 aliphatic carbocycles. The van der Waals surface area contributed by atoms with Gasteiger partial charge in [0.05, 0.1) is 0 Å². The summed E-state index contributed by atoms with van der Waals surface area (Å²) in [7, 11) is 0. The molecule has 6 heteroatoms. The molecule has 0 spiro atoms. The van der Waals surface area contributed by atoms with Gasteiger partial charge in [-0.1, -0.05) is 17.7 Å². The fourth-order valence-electron chi connectivity index (χ4n) is 2.67. The van der Waals surface area contributed by atoms with Crippen LogP contribution in [-0.2, 0) is 0 Å². The maximum atomic E-state index is 12.6. The van der Waals surface area contributed by atoms with Gasteiger partial charge in [-0.2, -0.15) is 0 Å². The van der Waals surface area contributed by atoms with E-state index >= 15 is 0 Å². The Morgan fingerprint density at radius 3 is 2.32 bits per heavy atom. The van der Waals surface area contributed by atoms with Crippen molar-refractivity contribution in [2.45, 2.75) is 20.8 Å². The third kappa shape index (κ3) is 4.56. The van der Waals surface area contributed by atoms with E-state index in [0.29, 0.717) is 22.0 Å². The lowest BCUT2D eigenvalue weighted by Gasteiger charge is -2.10. The molecule has 0 unspecified atom stereocenters. The normalized spacial score (nSPS) is 10.4. The lowest BCUT2D eigenvalue weighted by Crippen LogP contribution is -2.17. The number of aromatic nitrogens is 1. The number of carbonyl (C=O) groups excluding carboxylic acids is 2. The molecule has 0 atom stereocenters. The molecular formula is C22H20ClN3O2. The number of hydrogen-bond acceptors (Lipinski definition) is 3. The van der Waals surface area contributed by atoms with Crippen molar-refractivity contribution in [3.63, 3.8) is 0 Å². The summed E-state index contributed by atoms with van der Waals surface area (Å²) >= 11 is 5.95. The van der Waals surface area contributed by atoms with Gasteiger partial charge in [0.2, 0.25) is 0 Å². The minimum atomic E-state index is -0.374. The van der Waals surface area contributed by atoms with E-state index < -0.39 is 0 Å². The zero-order chi connectivity index (χ0) is 20.3. The highest BCUT2D eigenvalue weighted by Gasteiger charge is 2.13. The van der Waals surface area contributed by atoms with Gasteiger partial charge in [0.15, 0.2) is 0 Å². The number of carbonyl (C=O) groups is 2. The first kappa shape index (κ1) is 19.6. The number of amides is 2. The van der Waals surface area contributed by atoms with Crippen LogP contribution in [0.25, 0.3) is 0 Å². The predicted octanol–water partition coefficient (Wildman–Crippen LogP) is 5.16. The van der Waals surface area contributed by atoms with E-state index in [-0.39, 0.29) is 17.5 Å². The second-order valence-corrected chi connectivity index (χ2v) is 7.03. The van der Waals surface area contributed by atoms with E-state index in [1.165, 1.54) is 12.3 Å². The number of hydrogen-bond donors (Lipinski definition) is 2. The van der Waals surface area contributed by atoms with Crippen molar-refractivity contribution in [1.29, 1.82) is 0 Å². The molecule has 2 amide bonds. The topological polar surface area (TPSA) is 71.1 Å². The minimum Gasteiger partial charge on any atom is -0.322 e. The van der Waals surface area contributed by atoms with Crippen molar-refractivity contribution in [2.24, 2.45) is 0 Å². The van der Waals surface area contributed by atoms with Crippen LogP contribution in [0.2, 0.25) is 5.02 Å². The minimum absolute atomic E-state index is 0.165. The summed E-state index contributed by atoms with van der Waals surface area (Å²) < 4.78 is 0. The van der Waals surface area contributed by atoms with Crippen LogP contribution in [-0.4, -0.2) is 16.8 Å². The van der Waals surface area contributed by atoms with Crippen molar-refractivity contribution < 1.29 is 9.59 Å². The van der Waals surface area contributed by atoms with Crippen LogP contribution in [0.4, 0.5) is 11.4 Å². The summed E-state index contributed by atoms with van der Waals surface area (Å²) in [5, 5.41) is 6.24. The monoisotopic (exact) mass is 393 g/mol. The van der Waals surface area contributed by atoms with Gasteiger partial charge in [0, 0.05) is 28.2 Å². The van der Waals surface area contributed by atoms with Gasteiger partial charge >= 0.3 is 0 Å². The molecule has 2 aromatic carbocycles. The standard InChI is InChI=1S/C22H20ClN3O2/c1-13-4-6-18(11-14(13)2)25-22(28)20-12-16(8-9-24-20)21(27)26-19-7-5-17(23)10-15(19)3/h4-12H,1-3H3,(H,25,28)(H,26,27). The van der Waals surface area contributed by atoms with Gasteiger partial charge in [-0.3, -0.25) is 14.6 Å². The molecule has 1 aromatic heterocycles. The number of nitrogens with zero attached hydrogens (tertiary/aromatic N) is 1. The largest absolute Gasteiger partial charge is 0.322 e. The summed E-state index contributed by atoms with van der Waals surface area (Å²) in [6, 6.07) is 13.9. The summed E-state index contributed by atoms with van der Waals surface area (Å²) in [6.07, 6.45) is 1.44. The van der Waals surface area contributed by atoms with Crippen molar-refractivity contribution in [3.05, 3.63) is 87.7 Å². The fraction of sp³-hybridized carbons (Fsp3) is 0.136. The molecule has 0 radical (unpaired) electrons. The summed E-state index contributed by atoms with van der Waals surface area (Å²) in [6.45, 7) is 5.84. The molecular weight excluding hydrogens is 374 g/mol. The van der Waals surface area contributed by atoms with Crippen molar-refractivity contribution in [3.8, 4) is 0 Å². The molecule has 0 saturated carbocycles. The fourth-order valence-corrected chi connectivity index (χ4v) is 2.90. The molecule has 0 saturated heterocycles. The second-order valence-electron chi connectivity index (χ2n) is 6.60. The van der Waals surface area contributed by atoms with E-state index in [9.17, 15) is 9.59 Å². The number of aryl methyl sites for hydroxylation is 3. The molecule has 28 heavy (non-hydrogen) atoms. The smallest absolute Gasteiger partial charge is 0.274 e. The van der Waals surface area contributed by atoms with Crippen LogP contribution < -0.4 is 10.6 Å². The van der Waals surface area contributed by atoms with Gasteiger partial charge in [-0.05, 0) is 79.9 Å². The lowest BCUT2D eigenvalue weighted by molar-refractivity contribution is 0.102. The maximum absolute atomic E-state index is 12.6. The molecule has 2 N–H and O–H groups in total. The lowest BCUT2D eigenvalue weighted by atomic mass is 10.1. The van der Waals surface area contributed by atoms with Crippen molar-refractivity contribution >= 4 is 34.8 Å². The first-order valence-corrected chi connectivity index (χ1v) is 9.13. The Labute approximate surface area is 168 Å². The second kappa shape index (κ2) is 8.23. The van der Waals surface area contributed by atoms with E-state index in [0.717, 1.165) is 16.7 Å². The number of rotatable bonds is 4. The molecule has 0 aliphatic heterocycles. The number of pyridine rings is 1. The van der Waals surface area contributed by atoms with Gasteiger partial charge in [-0.15, -0.1) is 0 Å². The van der Waals surface area contributed by atoms with Crippen LogP contribution in [0, 0.1) is 20.8 Å². The third-order valence-corrected chi connectivity index (χ3v) is 4.69. The van der Waals surface area contributed by atoms with Crippen molar-refractivity contribution in [2.75, 3.05) is 10.6 Å². The summed E-state index contributed by atoms with van der Waals surface area (Å²) in [5.74, 6) is -0.700. The highest BCUT2D eigenvalue weighted by atomic mass is 35.5. The first-order chi connectivity index (χ1) is 13.3. The SMILES string of the molecule is Cc1ccc(NC(=O)c2cc(C(=O)Nc3ccc(Cl)cc3C)ccn2)cc1C. The highest BCUT2D eigenvalue weighted by molar-refractivity contribution is 6.30. The van der Waals surface area contributed by atoms with E-state index in [1.807, 2.05) is 39.0 Å². The Morgan fingerprint density at radius 1 is 0.821 bits per heavy atom. The Balaban J connectivity index is 1.76. The number of nitrogens with one attached hydrogen (secondary N) is 2. The average molecular weight is 394 g/mol. The quantitative estimate of drug-likeness (QED) is 0.642. The first-order valence-electron chi connectivity index (χ1n) is 8.75. The van der Waals surface area contributed by atoms with Crippen LogP contribution in [0.1, 0.15) is 37.5 Å². The molecule has 3 rings (SSSR count). The molecule has 5 nitrogen and oxygen atoms in total. The van der Waals surface area contributed by atoms with Crippen molar-refractivity contribution in [1.82, 2.24) is 4.98 Å². The Kier molecular flexibility index (Phi) is 5.76.